The van der Waals surface area contributed by atoms with Crippen LogP contribution in [0.1, 0.15) is 40.0 Å². The van der Waals surface area contributed by atoms with E-state index in [1.54, 1.807) is 20.8 Å². The van der Waals surface area contributed by atoms with E-state index in [0.29, 0.717) is 17.7 Å². The van der Waals surface area contributed by atoms with Gasteiger partial charge in [-0.1, -0.05) is 11.3 Å². The molecular weight excluding hydrogens is 376 g/mol. The van der Waals surface area contributed by atoms with Gasteiger partial charge in [-0.25, -0.2) is 18.6 Å². The first-order valence-corrected chi connectivity index (χ1v) is 9.52. The Bertz CT molecular complexity index is 840. The highest BCUT2D eigenvalue weighted by Gasteiger charge is 2.35. The van der Waals surface area contributed by atoms with E-state index in [9.17, 15) is 18.4 Å². The fraction of sp³-hybridized carbons (Fsp3) is 0.500. The van der Waals surface area contributed by atoms with Crippen LogP contribution in [0.5, 0.6) is 0 Å². The summed E-state index contributed by atoms with van der Waals surface area (Å²) in [5, 5.41) is 2.89. The number of thiazole rings is 1. The molecule has 0 unspecified atom stereocenters. The Morgan fingerprint density at radius 1 is 1.26 bits per heavy atom. The van der Waals surface area contributed by atoms with Crippen LogP contribution in [0.25, 0.3) is 10.2 Å². The lowest BCUT2D eigenvalue weighted by atomic mass is 10.0. The molecule has 1 saturated heterocycles. The lowest BCUT2D eigenvalue weighted by molar-refractivity contribution is -0.122. The number of likely N-dealkylation sites (tertiary alicyclic amines) is 1. The second kappa shape index (κ2) is 7.38. The highest BCUT2D eigenvalue weighted by atomic mass is 32.1. The number of piperidine rings is 1. The largest absolute Gasteiger partial charge is 0.444 e. The first-order valence-electron chi connectivity index (χ1n) is 8.70. The molecule has 0 aliphatic carbocycles. The standard InChI is InChI=1S/C18H21F2N3O3S/c1-18(2,3)26-17(25)23-7-5-4-6-13(23)15(24)22-16-21-12-8-10(19)11(20)9-14(12)27-16/h8-9,13H,4-7H2,1-3H3,(H,21,22,24)/t13-/m0/s1. The number of benzene rings is 1. The van der Waals surface area contributed by atoms with Crippen molar-refractivity contribution in [2.75, 3.05) is 11.9 Å². The summed E-state index contributed by atoms with van der Waals surface area (Å²) >= 11 is 1.05. The minimum Gasteiger partial charge on any atom is -0.444 e. The van der Waals surface area contributed by atoms with Gasteiger partial charge in [0.05, 0.1) is 10.2 Å². The Kier molecular flexibility index (Phi) is 5.32. The molecule has 1 fully saturated rings. The van der Waals surface area contributed by atoms with Crippen molar-refractivity contribution in [3.63, 3.8) is 0 Å². The van der Waals surface area contributed by atoms with Crippen LogP contribution >= 0.6 is 11.3 Å². The third-order valence-electron chi connectivity index (χ3n) is 4.09. The van der Waals surface area contributed by atoms with E-state index in [1.807, 2.05) is 0 Å². The molecule has 2 amide bonds. The number of carbonyl (C=O) groups excluding carboxylic acids is 2. The molecule has 0 bridgehead atoms. The highest BCUT2D eigenvalue weighted by molar-refractivity contribution is 7.22. The molecule has 1 aromatic heterocycles. The highest BCUT2D eigenvalue weighted by Crippen LogP contribution is 2.29. The van der Waals surface area contributed by atoms with E-state index in [-0.39, 0.29) is 16.6 Å². The van der Waals surface area contributed by atoms with Crippen LogP contribution in [0.4, 0.5) is 18.7 Å². The fourth-order valence-electron chi connectivity index (χ4n) is 2.91. The van der Waals surface area contributed by atoms with Crippen molar-refractivity contribution in [2.45, 2.75) is 51.7 Å². The van der Waals surface area contributed by atoms with E-state index < -0.39 is 29.4 Å². The summed E-state index contributed by atoms with van der Waals surface area (Å²) < 4.78 is 32.5. The molecule has 1 aliphatic heterocycles. The van der Waals surface area contributed by atoms with Crippen LogP contribution in [0, 0.1) is 11.6 Å². The normalized spacial score (nSPS) is 17.8. The van der Waals surface area contributed by atoms with Gasteiger partial charge in [-0.2, -0.15) is 0 Å². The van der Waals surface area contributed by atoms with Gasteiger partial charge in [-0.05, 0) is 46.1 Å². The van der Waals surface area contributed by atoms with Crippen LogP contribution in [0.15, 0.2) is 12.1 Å². The SMILES string of the molecule is CC(C)(C)OC(=O)N1CCCC[C@H]1C(=O)Nc1nc2cc(F)c(F)cc2s1. The molecule has 9 heteroatoms. The molecule has 2 heterocycles. The van der Waals surface area contributed by atoms with Crippen LogP contribution in [-0.2, 0) is 9.53 Å². The molecular formula is C18H21F2N3O3S. The zero-order valence-corrected chi connectivity index (χ0v) is 16.2. The van der Waals surface area contributed by atoms with Gasteiger partial charge >= 0.3 is 6.09 Å². The van der Waals surface area contributed by atoms with E-state index in [4.69, 9.17) is 4.74 Å². The molecule has 1 atom stereocenters. The van der Waals surface area contributed by atoms with Crippen LogP contribution in [0.2, 0.25) is 0 Å². The van der Waals surface area contributed by atoms with Gasteiger partial charge < -0.3 is 10.1 Å². The van der Waals surface area contributed by atoms with Crippen molar-refractivity contribution in [1.82, 2.24) is 9.88 Å². The van der Waals surface area contributed by atoms with Crippen molar-refractivity contribution in [1.29, 1.82) is 0 Å². The number of carbonyl (C=O) groups is 2. The Hall–Kier alpha value is -2.29. The van der Waals surface area contributed by atoms with E-state index >= 15 is 0 Å². The molecule has 0 saturated carbocycles. The Balaban J connectivity index is 1.76. The maximum Gasteiger partial charge on any atom is 0.410 e. The van der Waals surface area contributed by atoms with Gasteiger partial charge in [0.1, 0.15) is 11.6 Å². The lowest BCUT2D eigenvalue weighted by Crippen LogP contribution is -2.51. The molecule has 146 valence electrons. The van der Waals surface area contributed by atoms with Crippen molar-refractivity contribution >= 4 is 38.7 Å². The molecule has 0 radical (unpaired) electrons. The van der Waals surface area contributed by atoms with Gasteiger partial charge in [-0.15, -0.1) is 0 Å². The smallest absolute Gasteiger partial charge is 0.410 e. The molecule has 2 aromatic rings. The summed E-state index contributed by atoms with van der Waals surface area (Å²) in [6, 6.07) is 1.37. The average Bonchev–Trinajstić information content (AvgIpc) is 2.94. The quantitative estimate of drug-likeness (QED) is 0.820. The van der Waals surface area contributed by atoms with Crippen LogP contribution in [0.3, 0.4) is 0 Å². The number of amides is 2. The summed E-state index contributed by atoms with van der Waals surface area (Å²) in [4.78, 5) is 30.7. The topological polar surface area (TPSA) is 71.5 Å². The monoisotopic (exact) mass is 397 g/mol. The van der Waals surface area contributed by atoms with Crippen molar-refractivity contribution < 1.29 is 23.1 Å². The molecule has 1 aromatic carbocycles. The van der Waals surface area contributed by atoms with Crippen molar-refractivity contribution in [3.05, 3.63) is 23.8 Å². The third kappa shape index (κ3) is 4.52. The number of aromatic nitrogens is 1. The van der Waals surface area contributed by atoms with E-state index in [1.165, 1.54) is 4.90 Å². The van der Waals surface area contributed by atoms with Gasteiger partial charge in [0.2, 0.25) is 5.91 Å². The zero-order valence-electron chi connectivity index (χ0n) is 15.3. The van der Waals surface area contributed by atoms with Crippen molar-refractivity contribution in [2.24, 2.45) is 0 Å². The number of fused-ring (bicyclic) bond motifs is 1. The molecule has 6 nitrogen and oxygen atoms in total. The predicted molar refractivity (Wildman–Crippen MR) is 98.7 cm³/mol. The van der Waals surface area contributed by atoms with E-state index in [2.05, 4.69) is 10.3 Å². The maximum atomic E-state index is 13.3. The number of rotatable bonds is 2. The molecule has 1 N–H and O–H groups in total. The number of nitrogens with zero attached hydrogens (tertiary/aromatic N) is 2. The van der Waals surface area contributed by atoms with Gasteiger partial charge in [0.15, 0.2) is 16.8 Å². The van der Waals surface area contributed by atoms with Gasteiger partial charge in [-0.3, -0.25) is 9.69 Å². The summed E-state index contributed by atoms with van der Waals surface area (Å²) in [6.07, 6.45) is 1.59. The maximum absolute atomic E-state index is 13.3. The van der Waals surface area contributed by atoms with Crippen LogP contribution in [-0.4, -0.2) is 40.1 Å². The van der Waals surface area contributed by atoms with Gasteiger partial charge in [0.25, 0.3) is 0 Å². The summed E-state index contributed by atoms with van der Waals surface area (Å²) in [7, 11) is 0. The summed E-state index contributed by atoms with van der Waals surface area (Å²) in [6.45, 7) is 5.74. The second-order valence-electron chi connectivity index (χ2n) is 7.43. The Morgan fingerprint density at radius 2 is 1.96 bits per heavy atom. The van der Waals surface area contributed by atoms with Crippen LogP contribution < -0.4 is 5.32 Å². The minimum absolute atomic E-state index is 0.231. The van der Waals surface area contributed by atoms with Crippen molar-refractivity contribution in [3.8, 4) is 0 Å². The zero-order chi connectivity index (χ0) is 19.8. The Morgan fingerprint density at radius 3 is 2.67 bits per heavy atom. The second-order valence-corrected chi connectivity index (χ2v) is 8.46. The van der Waals surface area contributed by atoms with Gasteiger partial charge in [0, 0.05) is 12.6 Å². The summed E-state index contributed by atoms with van der Waals surface area (Å²) in [5.41, 5.74) is -0.390. The first-order chi connectivity index (χ1) is 12.6. The minimum atomic E-state index is -0.992. The number of anilines is 1. The third-order valence-corrected chi connectivity index (χ3v) is 5.03. The number of halogens is 2. The lowest BCUT2D eigenvalue weighted by Gasteiger charge is -2.35. The molecule has 1 aliphatic rings. The molecule has 3 rings (SSSR count). The Labute approximate surface area is 159 Å². The van der Waals surface area contributed by atoms with E-state index in [0.717, 1.165) is 36.3 Å². The number of hydrogen-bond donors (Lipinski definition) is 1. The average molecular weight is 397 g/mol. The first kappa shape index (κ1) is 19.5. The predicted octanol–water partition coefficient (Wildman–Crippen LogP) is 4.30. The summed E-state index contributed by atoms with van der Waals surface area (Å²) in [5.74, 6) is -2.35. The number of hydrogen-bond acceptors (Lipinski definition) is 5. The number of ether oxygens (including phenoxy) is 1. The molecule has 0 spiro atoms. The number of nitrogens with one attached hydrogen (secondary N) is 1. The molecule has 27 heavy (non-hydrogen) atoms. The fourth-order valence-corrected chi connectivity index (χ4v) is 3.78.